The molecular formula is C14H17N3O2S. The van der Waals surface area contributed by atoms with E-state index < -0.39 is 0 Å². The van der Waals surface area contributed by atoms with Crippen molar-refractivity contribution in [1.82, 2.24) is 9.78 Å². The number of benzene rings is 1. The minimum absolute atomic E-state index is 0.325. The van der Waals surface area contributed by atoms with Crippen LogP contribution in [-0.4, -0.2) is 22.4 Å². The SMILES string of the molecule is CCOC(=O)c1cnn(C)c1CSc1ccc(N)cc1. The molecule has 20 heavy (non-hydrogen) atoms. The Labute approximate surface area is 122 Å². The van der Waals surface area contributed by atoms with Crippen molar-refractivity contribution in [2.75, 3.05) is 12.3 Å². The Bertz CT molecular complexity index is 593. The number of anilines is 1. The van der Waals surface area contributed by atoms with Crippen LogP contribution in [0.2, 0.25) is 0 Å². The van der Waals surface area contributed by atoms with Gasteiger partial charge in [0.05, 0.1) is 18.5 Å². The molecular weight excluding hydrogens is 274 g/mol. The molecule has 0 saturated heterocycles. The highest BCUT2D eigenvalue weighted by molar-refractivity contribution is 7.98. The van der Waals surface area contributed by atoms with Gasteiger partial charge in [0.25, 0.3) is 0 Å². The van der Waals surface area contributed by atoms with Crippen LogP contribution < -0.4 is 5.73 Å². The number of rotatable bonds is 5. The third-order valence-corrected chi connectivity index (χ3v) is 3.84. The fourth-order valence-corrected chi connectivity index (χ4v) is 2.70. The number of hydrogen-bond acceptors (Lipinski definition) is 5. The Hall–Kier alpha value is -1.95. The lowest BCUT2D eigenvalue weighted by Gasteiger charge is -2.06. The van der Waals surface area contributed by atoms with Crippen LogP contribution in [0.5, 0.6) is 0 Å². The molecule has 1 heterocycles. The molecule has 0 spiro atoms. The lowest BCUT2D eigenvalue weighted by molar-refractivity contribution is 0.0525. The topological polar surface area (TPSA) is 70.1 Å². The number of ether oxygens (including phenoxy) is 1. The molecule has 0 unspecified atom stereocenters. The summed E-state index contributed by atoms with van der Waals surface area (Å²) in [5.74, 6) is 0.322. The van der Waals surface area contributed by atoms with E-state index in [-0.39, 0.29) is 5.97 Å². The number of nitrogens with two attached hydrogens (primary N) is 1. The summed E-state index contributed by atoms with van der Waals surface area (Å²) < 4.78 is 6.74. The Morgan fingerprint density at radius 3 is 2.75 bits per heavy atom. The van der Waals surface area contributed by atoms with Gasteiger partial charge in [-0.25, -0.2) is 4.79 Å². The highest BCUT2D eigenvalue weighted by Gasteiger charge is 2.17. The molecule has 0 aliphatic rings. The number of carbonyl (C=O) groups excluding carboxylic acids is 1. The van der Waals surface area contributed by atoms with E-state index >= 15 is 0 Å². The van der Waals surface area contributed by atoms with Crippen molar-refractivity contribution in [3.8, 4) is 0 Å². The molecule has 1 aromatic carbocycles. The Morgan fingerprint density at radius 1 is 1.40 bits per heavy atom. The first-order valence-corrected chi connectivity index (χ1v) is 7.26. The van der Waals surface area contributed by atoms with Crippen LogP contribution >= 0.6 is 11.8 Å². The molecule has 1 aromatic heterocycles. The van der Waals surface area contributed by atoms with E-state index in [1.165, 1.54) is 0 Å². The zero-order valence-electron chi connectivity index (χ0n) is 11.5. The molecule has 0 atom stereocenters. The van der Waals surface area contributed by atoms with Gasteiger partial charge >= 0.3 is 5.97 Å². The van der Waals surface area contributed by atoms with Gasteiger partial charge in [0.15, 0.2) is 0 Å². The lowest BCUT2D eigenvalue weighted by atomic mass is 10.3. The third-order valence-electron chi connectivity index (χ3n) is 2.81. The maximum atomic E-state index is 11.8. The van der Waals surface area contributed by atoms with E-state index in [4.69, 9.17) is 10.5 Å². The van der Waals surface area contributed by atoms with Crippen molar-refractivity contribution in [3.63, 3.8) is 0 Å². The average Bonchev–Trinajstić information content (AvgIpc) is 2.80. The second-order valence-corrected chi connectivity index (χ2v) is 5.26. The average molecular weight is 291 g/mol. The van der Waals surface area contributed by atoms with E-state index in [0.717, 1.165) is 16.3 Å². The van der Waals surface area contributed by atoms with Crippen molar-refractivity contribution in [3.05, 3.63) is 41.7 Å². The lowest BCUT2D eigenvalue weighted by Crippen LogP contribution is -2.08. The monoisotopic (exact) mass is 291 g/mol. The molecule has 0 fully saturated rings. The van der Waals surface area contributed by atoms with Crippen LogP contribution in [0.1, 0.15) is 23.0 Å². The van der Waals surface area contributed by atoms with E-state index in [1.807, 2.05) is 31.3 Å². The number of aromatic nitrogens is 2. The number of hydrogen-bond donors (Lipinski definition) is 1. The smallest absolute Gasteiger partial charge is 0.341 e. The van der Waals surface area contributed by atoms with Crippen molar-refractivity contribution in [1.29, 1.82) is 0 Å². The second-order valence-electron chi connectivity index (χ2n) is 4.21. The maximum Gasteiger partial charge on any atom is 0.341 e. The molecule has 0 radical (unpaired) electrons. The van der Waals surface area contributed by atoms with Gasteiger partial charge in [0.1, 0.15) is 5.56 Å². The molecule has 106 valence electrons. The van der Waals surface area contributed by atoms with Crippen molar-refractivity contribution >= 4 is 23.4 Å². The molecule has 5 nitrogen and oxygen atoms in total. The highest BCUT2D eigenvalue weighted by Crippen LogP contribution is 2.25. The summed E-state index contributed by atoms with van der Waals surface area (Å²) in [7, 11) is 1.82. The summed E-state index contributed by atoms with van der Waals surface area (Å²) >= 11 is 1.63. The first-order valence-electron chi connectivity index (χ1n) is 6.28. The zero-order chi connectivity index (χ0) is 14.5. The maximum absolute atomic E-state index is 11.8. The van der Waals surface area contributed by atoms with Crippen LogP contribution in [0.4, 0.5) is 5.69 Å². The van der Waals surface area contributed by atoms with Crippen LogP contribution in [0.15, 0.2) is 35.4 Å². The number of esters is 1. The van der Waals surface area contributed by atoms with Crippen LogP contribution in [0.3, 0.4) is 0 Å². The molecule has 0 amide bonds. The van der Waals surface area contributed by atoms with Gasteiger partial charge in [0, 0.05) is 23.4 Å². The molecule has 2 N–H and O–H groups in total. The van der Waals surface area contributed by atoms with Crippen LogP contribution in [0.25, 0.3) is 0 Å². The van der Waals surface area contributed by atoms with Gasteiger partial charge in [-0.3, -0.25) is 4.68 Å². The predicted molar refractivity (Wildman–Crippen MR) is 79.6 cm³/mol. The number of aryl methyl sites for hydroxylation is 1. The standard InChI is InChI=1S/C14H17N3O2S/c1-3-19-14(18)12-8-16-17(2)13(12)9-20-11-6-4-10(15)5-7-11/h4-8H,3,9,15H2,1-2H3. The molecule has 0 saturated carbocycles. The summed E-state index contributed by atoms with van der Waals surface area (Å²) in [6.45, 7) is 2.15. The Balaban J connectivity index is 2.11. The first-order chi connectivity index (χ1) is 9.61. The molecule has 2 aromatic rings. The summed E-state index contributed by atoms with van der Waals surface area (Å²) in [6, 6.07) is 7.64. The number of nitrogen functional groups attached to an aromatic ring is 1. The van der Waals surface area contributed by atoms with E-state index in [2.05, 4.69) is 5.10 Å². The zero-order valence-corrected chi connectivity index (χ0v) is 12.3. The molecule has 2 rings (SSSR count). The van der Waals surface area contributed by atoms with Crippen LogP contribution in [0, 0.1) is 0 Å². The van der Waals surface area contributed by atoms with Gasteiger partial charge in [-0.05, 0) is 31.2 Å². The highest BCUT2D eigenvalue weighted by atomic mass is 32.2. The molecule has 6 heteroatoms. The molecule has 0 aliphatic carbocycles. The Morgan fingerprint density at radius 2 is 2.10 bits per heavy atom. The van der Waals surface area contributed by atoms with Crippen molar-refractivity contribution < 1.29 is 9.53 Å². The number of carbonyl (C=O) groups is 1. The molecule has 0 aliphatic heterocycles. The van der Waals surface area contributed by atoms with E-state index in [1.54, 1.807) is 29.6 Å². The summed E-state index contributed by atoms with van der Waals surface area (Å²) in [5.41, 5.74) is 7.77. The van der Waals surface area contributed by atoms with Crippen molar-refractivity contribution in [2.45, 2.75) is 17.6 Å². The summed E-state index contributed by atoms with van der Waals surface area (Å²) in [6.07, 6.45) is 1.55. The first kappa shape index (κ1) is 14.5. The predicted octanol–water partition coefficient (Wildman–Crippen LogP) is 2.47. The van der Waals surface area contributed by atoms with E-state index in [9.17, 15) is 4.79 Å². The minimum Gasteiger partial charge on any atom is -0.462 e. The fourth-order valence-electron chi connectivity index (χ4n) is 1.73. The minimum atomic E-state index is -0.325. The van der Waals surface area contributed by atoms with Gasteiger partial charge in [-0.2, -0.15) is 5.10 Å². The Kier molecular flexibility index (Phi) is 4.68. The molecule has 0 bridgehead atoms. The van der Waals surface area contributed by atoms with Gasteiger partial charge in [0.2, 0.25) is 0 Å². The second kappa shape index (κ2) is 6.47. The van der Waals surface area contributed by atoms with Gasteiger partial charge in [-0.15, -0.1) is 11.8 Å². The number of nitrogens with zero attached hydrogens (tertiary/aromatic N) is 2. The van der Waals surface area contributed by atoms with Gasteiger partial charge in [-0.1, -0.05) is 0 Å². The van der Waals surface area contributed by atoms with Crippen molar-refractivity contribution in [2.24, 2.45) is 7.05 Å². The quantitative estimate of drug-likeness (QED) is 0.520. The van der Waals surface area contributed by atoms with E-state index in [0.29, 0.717) is 17.9 Å². The number of thioether (sulfide) groups is 1. The normalized spacial score (nSPS) is 10.5. The third kappa shape index (κ3) is 3.33. The van der Waals surface area contributed by atoms with Crippen LogP contribution in [-0.2, 0) is 17.5 Å². The largest absolute Gasteiger partial charge is 0.462 e. The fraction of sp³-hybridized carbons (Fsp3) is 0.286. The summed E-state index contributed by atoms with van der Waals surface area (Å²) in [5, 5.41) is 4.13. The summed E-state index contributed by atoms with van der Waals surface area (Å²) in [4.78, 5) is 12.9. The van der Waals surface area contributed by atoms with Gasteiger partial charge < -0.3 is 10.5 Å².